The van der Waals surface area contributed by atoms with Gasteiger partial charge in [-0.2, -0.15) is 0 Å². The Labute approximate surface area is 121 Å². The van der Waals surface area contributed by atoms with Gasteiger partial charge in [0.1, 0.15) is 0 Å². The van der Waals surface area contributed by atoms with E-state index in [1.54, 1.807) is 12.5 Å². The molecule has 0 saturated carbocycles. The highest BCUT2D eigenvalue weighted by Gasteiger charge is 2.19. The highest BCUT2D eigenvalue weighted by Crippen LogP contribution is 2.10. The van der Waals surface area contributed by atoms with E-state index in [1.165, 1.54) is 19.3 Å². The van der Waals surface area contributed by atoms with Crippen LogP contribution in [-0.2, 0) is 11.3 Å². The van der Waals surface area contributed by atoms with Crippen LogP contribution in [0.25, 0.3) is 0 Å². The van der Waals surface area contributed by atoms with Crippen LogP contribution in [0.4, 0.5) is 0 Å². The molecule has 0 spiro atoms. The first kappa shape index (κ1) is 15.0. The normalized spacial score (nSPS) is 18.9. The molecule has 1 aromatic rings. The van der Waals surface area contributed by atoms with Gasteiger partial charge < -0.3 is 14.8 Å². The van der Waals surface area contributed by atoms with Crippen molar-refractivity contribution in [2.75, 3.05) is 19.6 Å². The summed E-state index contributed by atoms with van der Waals surface area (Å²) in [6.07, 6.45) is 10.7. The van der Waals surface area contributed by atoms with Crippen LogP contribution in [0.5, 0.6) is 0 Å². The summed E-state index contributed by atoms with van der Waals surface area (Å²) in [5, 5.41) is 3.52. The lowest BCUT2D eigenvalue weighted by Crippen LogP contribution is -2.46. The molecule has 1 amide bonds. The lowest BCUT2D eigenvalue weighted by atomic mass is 10.0. The Balaban J connectivity index is 1.81. The standard InChI is InChI=1S/C15H26N4O/c1-2-9-19(12-14-5-3-4-7-17-14)15(20)6-10-18-11-8-16-13-18/h8,11,13-14,17H,2-7,9-10,12H2,1H3. The van der Waals surface area contributed by atoms with Crippen LogP contribution in [-0.4, -0.2) is 46.0 Å². The number of aryl methyl sites for hydroxylation is 1. The molecule has 0 aromatic carbocycles. The van der Waals surface area contributed by atoms with Gasteiger partial charge in [0.05, 0.1) is 6.33 Å². The van der Waals surface area contributed by atoms with Gasteiger partial charge in [-0.05, 0) is 25.8 Å². The fraction of sp³-hybridized carbons (Fsp3) is 0.733. The molecular weight excluding hydrogens is 252 g/mol. The summed E-state index contributed by atoms with van der Waals surface area (Å²) in [6.45, 7) is 5.66. The fourth-order valence-electron chi connectivity index (χ4n) is 2.74. The highest BCUT2D eigenvalue weighted by atomic mass is 16.2. The molecule has 1 saturated heterocycles. The Bertz CT molecular complexity index is 385. The molecule has 5 nitrogen and oxygen atoms in total. The predicted molar refractivity (Wildman–Crippen MR) is 79.4 cm³/mol. The van der Waals surface area contributed by atoms with E-state index in [2.05, 4.69) is 17.2 Å². The van der Waals surface area contributed by atoms with E-state index in [9.17, 15) is 4.79 Å². The third kappa shape index (κ3) is 4.63. The van der Waals surface area contributed by atoms with Crippen molar-refractivity contribution in [1.29, 1.82) is 0 Å². The topological polar surface area (TPSA) is 50.2 Å². The number of amides is 1. The zero-order valence-corrected chi connectivity index (χ0v) is 12.4. The molecule has 0 radical (unpaired) electrons. The first-order valence-electron chi connectivity index (χ1n) is 7.76. The van der Waals surface area contributed by atoms with E-state index in [4.69, 9.17) is 0 Å². The van der Waals surface area contributed by atoms with Crippen LogP contribution in [0.1, 0.15) is 39.0 Å². The van der Waals surface area contributed by atoms with E-state index in [-0.39, 0.29) is 5.91 Å². The van der Waals surface area contributed by atoms with Crippen molar-refractivity contribution in [3.63, 3.8) is 0 Å². The Hall–Kier alpha value is -1.36. The van der Waals surface area contributed by atoms with Crippen molar-refractivity contribution in [2.24, 2.45) is 0 Å². The number of rotatable bonds is 7. The average Bonchev–Trinajstić information content (AvgIpc) is 2.99. The van der Waals surface area contributed by atoms with Crippen molar-refractivity contribution in [3.8, 4) is 0 Å². The Morgan fingerprint density at radius 2 is 2.40 bits per heavy atom. The molecule has 1 aliphatic heterocycles. The second-order valence-corrected chi connectivity index (χ2v) is 5.54. The summed E-state index contributed by atoms with van der Waals surface area (Å²) in [7, 11) is 0. The lowest BCUT2D eigenvalue weighted by Gasteiger charge is -2.30. The van der Waals surface area contributed by atoms with E-state index in [0.717, 1.165) is 32.6 Å². The van der Waals surface area contributed by atoms with Crippen LogP contribution in [0.2, 0.25) is 0 Å². The van der Waals surface area contributed by atoms with Crippen molar-refractivity contribution in [3.05, 3.63) is 18.7 Å². The number of imidazole rings is 1. The lowest BCUT2D eigenvalue weighted by molar-refractivity contribution is -0.132. The molecule has 1 atom stereocenters. The third-order valence-corrected chi connectivity index (χ3v) is 3.84. The quantitative estimate of drug-likeness (QED) is 0.825. The van der Waals surface area contributed by atoms with Crippen LogP contribution in [0.3, 0.4) is 0 Å². The van der Waals surface area contributed by atoms with Crippen molar-refractivity contribution in [2.45, 2.75) is 51.6 Å². The maximum absolute atomic E-state index is 12.4. The van der Waals surface area contributed by atoms with E-state index in [1.807, 2.05) is 15.7 Å². The molecule has 1 aliphatic rings. The third-order valence-electron chi connectivity index (χ3n) is 3.84. The maximum atomic E-state index is 12.4. The van der Waals surface area contributed by atoms with Crippen molar-refractivity contribution < 1.29 is 4.79 Å². The smallest absolute Gasteiger partial charge is 0.224 e. The minimum Gasteiger partial charge on any atom is -0.341 e. The summed E-state index contributed by atoms with van der Waals surface area (Å²) < 4.78 is 1.96. The molecule has 1 unspecified atom stereocenters. The first-order chi connectivity index (χ1) is 9.79. The molecule has 1 N–H and O–H groups in total. The van der Waals surface area contributed by atoms with Crippen molar-refractivity contribution >= 4 is 5.91 Å². The molecular formula is C15H26N4O. The van der Waals surface area contributed by atoms with Crippen LogP contribution < -0.4 is 5.32 Å². The summed E-state index contributed by atoms with van der Waals surface area (Å²) in [6, 6.07) is 0.479. The Morgan fingerprint density at radius 1 is 1.50 bits per heavy atom. The molecule has 0 aliphatic carbocycles. The van der Waals surface area contributed by atoms with Gasteiger partial charge in [0.15, 0.2) is 0 Å². The van der Waals surface area contributed by atoms with E-state index < -0.39 is 0 Å². The van der Waals surface area contributed by atoms with Gasteiger partial charge in [0.25, 0.3) is 0 Å². The highest BCUT2D eigenvalue weighted by molar-refractivity contribution is 5.76. The first-order valence-corrected chi connectivity index (χ1v) is 7.76. The molecule has 2 heterocycles. The fourth-order valence-corrected chi connectivity index (χ4v) is 2.74. The summed E-state index contributed by atoms with van der Waals surface area (Å²) >= 11 is 0. The SMILES string of the molecule is CCCN(CC1CCCCN1)C(=O)CCn1ccnc1. The van der Waals surface area contributed by atoms with Gasteiger partial charge in [0.2, 0.25) is 5.91 Å². The predicted octanol–water partition coefficient (Wildman–Crippen LogP) is 1.65. The van der Waals surface area contributed by atoms with Gasteiger partial charge in [-0.25, -0.2) is 4.98 Å². The number of carbonyl (C=O) groups excluding carboxylic acids is 1. The number of aromatic nitrogens is 2. The number of carbonyl (C=O) groups is 1. The molecule has 1 fully saturated rings. The van der Waals surface area contributed by atoms with E-state index >= 15 is 0 Å². The molecule has 0 bridgehead atoms. The Kier molecular flexibility index (Phi) is 6.05. The van der Waals surface area contributed by atoms with Crippen LogP contribution >= 0.6 is 0 Å². The van der Waals surface area contributed by atoms with Gasteiger partial charge in [-0.3, -0.25) is 4.79 Å². The van der Waals surface area contributed by atoms with Crippen LogP contribution in [0.15, 0.2) is 18.7 Å². The zero-order chi connectivity index (χ0) is 14.2. The number of piperidine rings is 1. The second-order valence-electron chi connectivity index (χ2n) is 5.54. The maximum Gasteiger partial charge on any atom is 0.224 e. The molecule has 20 heavy (non-hydrogen) atoms. The largest absolute Gasteiger partial charge is 0.341 e. The van der Waals surface area contributed by atoms with Gasteiger partial charge in [-0.1, -0.05) is 13.3 Å². The van der Waals surface area contributed by atoms with E-state index in [0.29, 0.717) is 12.5 Å². The minimum absolute atomic E-state index is 0.257. The Morgan fingerprint density at radius 3 is 3.05 bits per heavy atom. The molecule has 112 valence electrons. The number of hydrogen-bond donors (Lipinski definition) is 1. The van der Waals surface area contributed by atoms with Crippen LogP contribution in [0, 0.1) is 0 Å². The molecule has 5 heteroatoms. The molecule has 1 aromatic heterocycles. The monoisotopic (exact) mass is 278 g/mol. The minimum atomic E-state index is 0.257. The zero-order valence-electron chi connectivity index (χ0n) is 12.4. The summed E-state index contributed by atoms with van der Waals surface area (Å²) in [5.74, 6) is 0.257. The molecule has 2 rings (SSSR count). The number of nitrogens with one attached hydrogen (secondary N) is 1. The summed E-state index contributed by atoms with van der Waals surface area (Å²) in [5.41, 5.74) is 0. The van der Waals surface area contributed by atoms with Gasteiger partial charge in [0, 0.05) is 44.5 Å². The summed E-state index contributed by atoms with van der Waals surface area (Å²) in [4.78, 5) is 18.4. The average molecular weight is 278 g/mol. The number of hydrogen-bond acceptors (Lipinski definition) is 3. The van der Waals surface area contributed by atoms with Gasteiger partial charge in [-0.15, -0.1) is 0 Å². The second kappa shape index (κ2) is 8.04. The van der Waals surface area contributed by atoms with Crippen molar-refractivity contribution in [1.82, 2.24) is 19.8 Å². The number of nitrogens with zero attached hydrogens (tertiary/aromatic N) is 3. The van der Waals surface area contributed by atoms with Gasteiger partial charge >= 0.3 is 0 Å².